The molecule has 2 rings (SSSR count). The van der Waals surface area contributed by atoms with Crippen LogP contribution < -0.4 is 14.8 Å². The second kappa shape index (κ2) is 9.88. The van der Waals surface area contributed by atoms with Gasteiger partial charge in [-0.25, -0.2) is 0 Å². The third kappa shape index (κ3) is 6.08. The van der Waals surface area contributed by atoms with Gasteiger partial charge < -0.3 is 19.9 Å². The molecule has 0 radical (unpaired) electrons. The summed E-state index contributed by atoms with van der Waals surface area (Å²) in [5.41, 5.74) is 1.78. The molecule has 0 saturated heterocycles. The van der Waals surface area contributed by atoms with Crippen LogP contribution in [0.15, 0.2) is 36.4 Å². The first-order valence-corrected chi connectivity index (χ1v) is 8.97. The van der Waals surface area contributed by atoms with Crippen molar-refractivity contribution in [1.82, 2.24) is 5.32 Å². The van der Waals surface area contributed by atoms with Crippen LogP contribution in [0.4, 0.5) is 0 Å². The molecule has 0 amide bonds. The number of benzene rings is 2. The largest absolute Gasteiger partial charge is 0.490 e. The smallest absolute Gasteiger partial charge is 0.163 e. The molecule has 2 aromatic carbocycles. The van der Waals surface area contributed by atoms with Crippen molar-refractivity contribution in [1.29, 1.82) is 0 Å². The van der Waals surface area contributed by atoms with Gasteiger partial charge in [-0.05, 0) is 31.5 Å². The lowest BCUT2D eigenvalue weighted by molar-refractivity contribution is 0.191. The number of hydrogen-bond acceptors (Lipinski definition) is 4. The van der Waals surface area contributed by atoms with Gasteiger partial charge in [0.2, 0.25) is 0 Å². The lowest BCUT2D eigenvalue weighted by Gasteiger charge is -2.16. The summed E-state index contributed by atoms with van der Waals surface area (Å²) in [6.07, 6.45) is -0.414. The Morgan fingerprint density at radius 3 is 2.44 bits per heavy atom. The molecular weight excluding hydrogens is 361 g/mol. The molecule has 0 heterocycles. The number of ether oxygens (including phenoxy) is 2. The van der Waals surface area contributed by atoms with Crippen LogP contribution in [-0.2, 0) is 13.2 Å². The Kier molecular flexibility index (Phi) is 7.85. The summed E-state index contributed by atoms with van der Waals surface area (Å²) in [5.74, 6) is 1.21. The monoisotopic (exact) mass is 383 g/mol. The van der Waals surface area contributed by atoms with Crippen LogP contribution in [0.1, 0.15) is 25.0 Å². The second-order valence-corrected chi connectivity index (χ2v) is 6.50. The van der Waals surface area contributed by atoms with Crippen molar-refractivity contribution in [2.75, 3.05) is 13.2 Å². The van der Waals surface area contributed by atoms with E-state index in [1.165, 1.54) is 0 Å². The first kappa shape index (κ1) is 19.9. The molecule has 25 heavy (non-hydrogen) atoms. The fraction of sp³-hybridized carbons (Fsp3) is 0.368. The summed E-state index contributed by atoms with van der Waals surface area (Å²) in [6.45, 7) is 5.52. The first-order chi connectivity index (χ1) is 12.0. The molecule has 0 aliphatic carbocycles. The van der Waals surface area contributed by atoms with Crippen molar-refractivity contribution in [3.05, 3.63) is 57.6 Å². The van der Waals surface area contributed by atoms with Crippen molar-refractivity contribution in [2.45, 2.75) is 33.1 Å². The minimum absolute atomic E-state index is 0.329. The Morgan fingerprint density at radius 1 is 1.04 bits per heavy atom. The summed E-state index contributed by atoms with van der Waals surface area (Å²) in [6, 6.07) is 11.2. The Balaban J connectivity index is 2.13. The van der Waals surface area contributed by atoms with Crippen LogP contribution >= 0.6 is 23.2 Å². The highest BCUT2D eigenvalue weighted by atomic mass is 35.5. The van der Waals surface area contributed by atoms with E-state index in [-0.39, 0.29) is 0 Å². The van der Waals surface area contributed by atoms with Gasteiger partial charge in [0.25, 0.3) is 0 Å². The van der Waals surface area contributed by atoms with Gasteiger partial charge in [-0.3, -0.25) is 0 Å². The minimum atomic E-state index is -0.414. The van der Waals surface area contributed by atoms with Crippen molar-refractivity contribution in [3.8, 4) is 11.5 Å². The molecule has 136 valence electrons. The molecule has 0 fully saturated rings. The lowest BCUT2D eigenvalue weighted by Crippen LogP contribution is -2.24. The van der Waals surface area contributed by atoms with Gasteiger partial charge >= 0.3 is 0 Å². The summed E-state index contributed by atoms with van der Waals surface area (Å²) in [5, 5.41) is 13.7. The van der Waals surface area contributed by atoms with Crippen molar-refractivity contribution >= 4 is 23.2 Å². The summed E-state index contributed by atoms with van der Waals surface area (Å²) < 4.78 is 11.6. The van der Waals surface area contributed by atoms with Gasteiger partial charge in [0.05, 0.1) is 12.7 Å². The van der Waals surface area contributed by atoms with Gasteiger partial charge in [0.1, 0.15) is 6.61 Å². The van der Waals surface area contributed by atoms with E-state index < -0.39 is 6.10 Å². The maximum atomic E-state index is 9.33. The van der Waals surface area contributed by atoms with Crippen LogP contribution in [0.25, 0.3) is 0 Å². The molecule has 6 heteroatoms. The predicted molar refractivity (Wildman–Crippen MR) is 102 cm³/mol. The first-order valence-electron chi connectivity index (χ1n) is 8.21. The van der Waals surface area contributed by atoms with Crippen molar-refractivity contribution in [2.24, 2.45) is 0 Å². The highest BCUT2D eigenvalue weighted by Gasteiger charge is 2.12. The van der Waals surface area contributed by atoms with E-state index in [0.717, 1.165) is 11.1 Å². The number of halogens is 2. The van der Waals surface area contributed by atoms with Crippen LogP contribution in [0.5, 0.6) is 11.5 Å². The topological polar surface area (TPSA) is 50.7 Å². The van der Waals surface area contributed by atoms with E-state index in [9.17, 15) is 5.11 Å². The zero-order valence-electron chi connectivity index (χ0n) is 14.4. The molecule has 2 aromatic rings. The van der Waals surface area contributed by atoms with E-state index in [0.29, 0.717) is 47.8 Å². The number of hydrogen-bond donors (Lipinski definition) is 2. The highest BCUT2D eigenvalue weighted by molar-refractivity contribution is 6.31. The predicted octanol–water partition coefficient (Wildman–Crippen LogP) is 4.44. The van der Waals surface area contributed by atoms with Crippen molar-refractivity contribution in [3.63, 3.8) is 0 Å². The average Bonchev–Trinajstić information content (AvgIpc) is 2.57. The molecule has 0 spiro atoms. The summed E-state index contributed by atoms with van der Waals surface area (Å²) >= 11 is 12.5. The second-order valence-electron chi connectivity index (χ2n) is 5.68. The van der Waals surface area contributed by atoms with Gasteiger partial charge in [-0.15, -0.1) is 0 Å². The fourth-order valence-electron chi connectivity index (χ4n) is 2.28. The molecule has 4 nitrogen and oxygen atoms in total. The quantitative estimate of drug-likeness (QED) is 0.671. The van der Waals surface area contributed by atoms with Crippen LogP contribution in [-0.4, -0.2) is 24.4 Å². The number of aliphatic hydroxyl groups excluding tert-OH is 1. The van der Waals surface area contributed by atoms with Crippen molar-refractivity contribution < 1.29 is 14.6 Å². The molecule has 2 N–H and O–H groups in total. The Hall–Kier alpha value is -1.46. The van der Waals surface area contributed by atoms with Gasteiger partial charge in [-0.1, -0.05) is 41.4 Å². The molecule has 0 aliphatic rings. The molecule has 0 bridgehead atoms. The lowest BCUT2D eigenvalue weighted by atomic mass is 10.2. The molecule has 1 unspecified atom stereocenters. The van der Waals surface area contributed by atoms with Gasteiger partial charge in [0.15, 0.2) is 11.5 Å². The normalized spacial score (nSPS) is 12.0. The van der Waals surface area contributed by atoms with Crippen LogP contribution in [0.3, 0.4) is 0 Å². The van der Waals surface area contributed by atoms with Gasteiger partial charge in [-0.2, -0.15) is 0 Å². The zero-order valence-corrected chi connectivity index (χ0v) is 15.9. The van der Waals surface area contributed by atoms with Crippen LogP contribution in [0, 0.1) is 0 Å². The standard InChI is InChI=1S/C19H23Cl2NO3/c1-3-24-18-8-15(11-22-10-13(2)23)17(21)9-19(18)25-12-14-6-4-5-7-16(14)20/h4-9,13,22-23H,3,10-12H2,1-2H3. The number of rotatable bonds is 9. The fourth-order valence-corrected chi connectivity index (χ4v) is 2.69. The Bertz CT molecular complexity index is 692. The summed E-state index contributed by atoms with van der Waals surface area (Å²) in [7, 11) is 0. The van der Waals surface area contributed by atoms with E-state index in [4.69, 9.17) is 32.7 Å². The third-order valence-electron chi connectivity index (χ3n) is 3.51. The number of aliphatic hydroxyl groups is 1. The highest BCUT2D eigenvalue weighted by Crippen LogP contribution is 2.34. The third-order valence-corrected chi connectivity index (χ3v) is 4.23. The average molecular weight is 384 g/mol. The van der Waals surface area contributed by atoms with E-state index in [1.807, 2.05) is 37.3 Å². The molecule has 1 atom stereocenters. The molecule has 0 aromatic heterocycles. The van der Waals surface area contributed by atoms with E-state index >= 15 is 0 Å². The summed E-state index contributed by atoms with van der Waals surface area (Å²) in [4.78, 5) is 0. The Labute approximate surface area is 158 Å². The Morgan fingerprint density at radius 2 is 1.76 bits per heavy atom. The van der Waals surface area contributed by atoms with E-state index in [2.05, 4.69) is 5.32 Å². The zero-order chi connectivity index (χ0) is 18.2. The SMILES string of the molecule is CCOc1cc(CNCC(C)O)c(Cl)cc1OCc1ccccc1Cl. The molecule has 0 aliphatic heterocycles. The minimum Gasteiger partial charge on any atom is -0.490 e. The maximum absolute atomic E-state index is 9.33. The maximum Gasteiger partial charge on any atom is 0.163 e. The van der Waals surface area contributed by atoms with Gasteiger partial charge in [0, 0.05) is 34.8 Å². The molecule has 0 saturated carbocycles. The van der Waals surface area contributed by atoms with E-state index in [1.54, 1.807) is 13.0 Å². The number of nitrogens with one attached hydrogen (secondary N) is 1. The molecular formula is C19H23Cl2NO3. The van der Waals surface area contributed by atoms with Crippen LogP contribution in [0.2, 0.25) is 10.0 Å².